The first kappa shape index (κ1) is 24.3. The molecule has 1 aromatic heterocycles. The van der Waals surface area contributed by atoms with Crippen LogP contribution in [0, 0.1) is 17.3 Å². The van der Waals surface area contributed by atoms with Crippen molar-refractivity contribution in [3.05, 3.63) is 41.3 Å². The van der Waals surface area contributed by atoms with Crippen molar-refractivity contribution < 1.29 is 19.8 Å². The number of carboxylic acids is 1. The highest BCUT2D eigenvalue weighted by Crippen LogP contribution is 2.44. The normalized spacial score (nSPS) is 21.8. The number of amides is 1. The maximum atomic E-state index is 13.2. The van der Waals surface area contributed by atoms with Crippen molar-refractivity contribution >= 4 is 33.3 Å². The highest BCUT2D eigenvalue weighted by atomic mass is 32.1. The number of thiophene rings is 1. The van der Waals surface area contributed by atoms with Crippen LogP contribution in [0.15, 0.2) is 35.7 Å². The number of rotatable bonds is 8. The summed E-state index contributed by atoms with van der Waals surface area (Å²) in [6.07, 6.45) is 9.96. The Kier molecular flexibility index (Phi) is 7.99. The zero-order chi connectivity index (χ0) is 23.3. The number of phenolic OH excluding ortho intramolecular Hbond substituents is 1. The van der Waals surface area contributed by atoms with Gasteiger partial charge in [-0.25, -0.2) is 0 Å². The van der Waals surface area contributed by atoms with Crippen molar-refractivity contribution in [2.45, 2.75) is 71.8 Å². The molecule has 5 nitrogen and oxygen atoms in total. The van der Waals surface area contributed by atoms with Gasteiger partial charge in [-0.1, -0.05) is 39.3 Å². The second-order valence-electron chi connectivity index (χ2n) is 9.97. The second-order valence-corrected chi connectivity index (χ2v) is 10.9. The van der Waals surface area contributed by atoms with E-state index in [0.29, 0.717) is 23.8 Å². The third-order valence-corrected chi connectivity index (χ3v) is 7.59. The summed E-state index contributed by atoms with van der Waals surface area (Å²) in [7, 11) is 0. The van der Waals surface area contributed by atoms with E-state index in [9.17, 15) is 14.7 Å². The van der Waals surface area contributed by atoms with Gasteiger partial charge in [-0.2, -0.15) is 0 Å². The molecule has 1 saturated carbocycles. The summed E-state index contributed by atoms with van der Waals surface area (Å²) in [6.45, 7) is 6.84. The molecule has 1 aromatic carbocycles. The minimum atomic E-state index is -0.754. The van der Waals surface area contributed by atoms with Crippen LogP contribution >= 0.6 is 11.3 Å². The lowest BCUT2D eigenvalue weighted by Gasteiger charge is -2.45. The van der Waals surface area contributed by atoms with Gasteiger partial charge in [0.15, 0.2) is 0 Å². The van der Waals surface area contributed by atoms with E-state index in [2.05, 4.69) is 38.2 Å². The standard InChI is InChI=1S/C26H35NO4S/c1-26(2,3)21-10-8-11-22(18(21)9-6-4-5-7-12-24(29)30)27-25(31)20-16-32-23-14-13-17(28)15-19(20)23/h4,6,13-16,18,21-22,28H,5,7-12H2,1-3H3,(H,27,31)(H,29,30)/t18-,21+,22?/m1/s1. The number of carbonyl (C=O) groups excluding carboxylic acids is 1. The highest BCUT2D eigenvalue weighted by molar-refractivity contribution is 7.17. The first-order valence-electron chi connectivity index (χ1n) is 11.5. The largest absolute Gasteiger partial charge is 0.508 e. The number of carbonyl (C=O) groups is 2. The number of hydrogen-bond acceptors (Lipinski definition) is 4. The third-order valence-electron chi connectivity index (χ3n) is 6.63. The van der Waals surface area contributed by atoms with Crippen molar-refractivity contribution in [1.29, 1.82) is 0 Å². The van der Waals surface area contributed by atoms with Crippen LogP contribution < -0.4 is 5.32 Å². The Morgan fingerprint density at radius 3 is 2.72 bits per heavy atom. The molecule has 0 bridgehead atoms. The van der Waals surface area contributed by atoms with Crippen LogP contribution in [0.2, 0.25) is 0 Å². The molecule has 1 aliphatic carbocycles. The molecule has 0 spiro atoms. The molecule has 3 N–H and O–H groups in total. The SMILES string of the molecule is CC(C)(C)[C@H]1CCCC(NC(=O)c2csc3ccc(O)cc23)[C@@H]1CC=CCCCC(=O)O. The predicted octanol–water partition coefficient (Wildman–Crippen LogP) is 6.37. The molecule has 2 aromatic rings. The molecule has 3 rings (SSSR count). The Labute approximate surface area is 194 Å². The first-order chi connectivity index (χ1) is 15.2. The van der Waals surface area contributed by atoms with Crippen LogP contribution in [-0.2, 0) is 4.79 Å². The van der Waals surface area contributed by atoms with Crippen molar-refractivity contribution in [2.75, 3.05) is 0 Å². The molecule has 1 fully saturated rings. The van der Waals surface area contributed by atoms with Gasteiger partial charge in [-0.15, -0.1) is 11.3 Å². The van der Waals surface area contributed by atoms with Gasteiger partial charge in [-0.05, 0) is 67.6 Å². The summed E-state index contributed by atoms with van der Waals surface area (Å²) in [6, 6.07) is 5.25. The monoisotopic (exact) mass is 457 g/mol. The minimum absolute atomic E-state index is 0.0724. The van der Waals surface area contributed by atoms with E-state index >= 15 is 0 Å². The molecule has 32 heavy (non-hydrogen) atoms. The predicted molar refractivity (Wildman–Crippen MR) is 130 cm³/mol. The van der Waals surface area contributed by atoms with Gasteiger partial charge in [0.1, 0.15) is 5.75 Å². The number of hydrogen-bond donors (Lipinski definition) is 3. The summed E-state index contributed by atoms with van der Waals surface area (Å²) >= 11 is 1.52. The third kappa shape index (κ3) is 6.12. The average molecular weight is 458 g/mol. The average Bonchev–Trinajstić information content (AvgIpc) is 3.13. The summed E-state index contributed by atoms with van der Waals surface area (Å²) in [5, 5.41) is 24.7. The van der Waals surface area contributed by atoms with Crippen LogP contribution in [0.5, 0.6) is 5.75 Å². The Balaban J connectivity index is 1.74. The lowest BCUT2D eigenvalue weighted by atomic mass is 9.63. The lowest BCUT2D eigenvalue weighted by molar-refractivity contribution is -0.137. The molecule has 1 unspecified atom stereocenters. The number of phenols is 1. The molecular weight excluding hydrogens is 422 g/mol. The number of nitrogens with one attached hydrogen (secondary N) is 1. The molecule has 0 aliphatic heterocycles. The number of benzene rings is 1. The molecule has 1 aliphatic rings. The minimum Gasteiger partial charge on any atom is -0.508 e. The van der Waals surface area contributed by atoms with Crippen molar-refractivity contribution in [3.63, 3.8) is 0 Å². The smallest absolute Gasteiger partial charge is 0.303 e. The van der Waals surface area contributed by atoms with E-state index in [4.69, 9.17) is 5.11 Å². The quantitative estimate of drug-likeness (QED) is 0.317. The first-order valence-corrected chi connectivity index (χ1v) is 12.4. The Bertz CT molecular complexity index is 972. The Morgan fingerprint density at radius 2 is 2.00 bits per heavy atom. The molecule has 0 radical (unpaired) electrons. The van der Waals surface area contributed by atoms with Gasteiger partial charge >= 0.3 is 5.97 Å². The summed E-state index contributed by atoms with van der Waals surface area (Å²) in [4.78, 5) is 23.9. The van der Waals surface area contributed by atoms with Gasteiger partial charge in [0.05, 0.1) is 5.56 Å². The second kappa shape index (κ2) is 10.5. The number of unbranched alkanes of at least 4 members (excludes halogenated alkanes) is 1. The van der Waals surface area contributed by atoms with Crippen LogP contribution in [-0.4, -0.2) is 28.1 Å². The van der Waals surface area contributed by atoms with Gasteiger partial charge in [0.25, 0.3) is 5.91 Å². The van der Waals surface area contributed by atoms with Crippen molar-refractivity contribution in [2.24, 2.45) is 17.3 Å². The van der Waals surface area contributed by atoms with Crippen molar-refractivity contribution in [1.82, 2.24) is 5.32 Å². The number of allylic oxidation sites excluding steroid dienone is 2. The van der Waals surface area contributed by atoms with E-state index in [1.807, 2.05) is 11.4 Å². The van der Waals surface area contributed by atoms with Crippen LogP contribution in [0.3, 0.4) is 0 Å². The van der Waals surface area contributed by atoms with Crippen LogP contribution in [0.1, 0.15) is 76.1 Å². The maximum absolute atomic E-state index is 13.2. The zero-order valence-corrected chi connectivity index (χ0v) is 20.1. The topological polar surface area (TPSA) is 86.6 Å². The number of aliphatic carboxylic acids is 1. The van der Waals surface area contributed by atoms with Gasteiger partial charge < -0.3 is 15.5 Å². The fourth-order valence-corrected chi connectivity index (χ4v) is 5.95. The van der Waals surface area contributed by atoms with E-state index < -0.39 is 5.97 Å². The fraction of sp³-hybridized carbons (Fsp3) is 0.538. The van der Waals surface area contributed by atoms with Gasteiger partial charge in [-0.3, -0.25) is 9.59 Å². The van der Waals surface area contributed by atoms with Crippen LogP contribution in [0.4, 0.5) is 0 Å². The molecule has 0 saturated heterocycles. The Morgan fingerprint density at radius 1 is 1.22 bits per heavy atom. The van der Waals surface area contributed by atoms with Gasteiger partial charge in [0, 0.05) is 27.9 Å². The summed E-state index contributed by atoms with van der Waals surface area (Å²) in [5.74, 6) is 0.170. The van der Waals surface area contributed by atoms with E-state index in [1.165, 1.54) is 11.3 Å². The number of carboxylic acid groups (broad SMARTS) is 1. The lowest BCUT2D eigenvalue weighted by Crippen LogP contribution is -2.48. The summed E-state index contributed by atoms with van der Waals surface area (Å²) < 4.78 is 0.991. The van der Waals surface area contributed by atoms with E-state index in [0.717, 1.165) is 42.2 Å². The zero-order valence-electron chi connectivity index (χ0n) is 19.3. The summed E-state index contributed by atoms with van der Waals surface area (Å²) in [5.41, 5.74) is 0.772. The molecule has 3 atom stereocenters. The number of fused-ring (bicyclic) bond motifs is 1. The Hall–Kier alpha value is -2.34. The van der Waals surface area contributed by atoms with Crippen molar-refractivity contribution in [3.8, 4) is 5.75 Å². The molecule has 1 heterocycles. The highest BCUT2D eigenvalue weighted by Gasteiger charge is 2.39. The maximum Gasteiger partial charge on any atom is 0.303 e. The number of aromatic hydroxyl groups is 1. The molecule has 6 heteroatoms. The molecular formula is C26H35NO4S. The van der Waals surface area contributed by atoms with E-state index in [-0.39, 0.29) is 29.5 Å². The fourth-order valence-electron chi connectivity index (χ4n) is 5.03. The molecule has 1 amide bonds. The van der Waals surface area contributed by atoms with E-state index in [1.54, 1.807) is 12.1 Å². The molecule has 174 valence electrons. The van der Waals surface area contributed by atoms with Gasteiger partial charge in [0.2, 0.25) is 0 Å². The van der Waals surface area contributed by atoms with Crippen LogP contribution in [0.25, 0.3) is 10.1 Å².